The Morgan fingerprint density at radius 1 is 1.23 bits per heavy atom. The molecular formula is C16H17N5O. The van der Waals surface area contributed by atoms with E-state index < -0.39 is 0 Å². The van der Waals surface area contributed by atoms with Crippen molar-refractivity contribution in [1.29, 1.82) is 0 Å². The molecule has 1 amide bonds. The first kappa shape index (κ1) is 14.1. The number of pyridine rings is 1. The van der Waals surface area contributed by atoms with E-state index in [4.69, 9.17) is 5.73 Å². The molecule has 0 aliphatic carbocycles. The van der Waals surface area contributed by atoms with Crippen molar-refractivity contribution in [3.8, 4) is 0 Å². The molecule has 112 valence electrons. The number of nitrogens with two attached hydrogens (primary N) is 1. The van der Waals surface area contributed by atoms with E-state index in [-0.39, 0.29) is 11.8 Å². The summed E-state index contributed by atoms with van der Waals surface area (Å²) < 4.78 is 1.85. The molecule has 0 radical (unpaired) electrons. The van der Waals surface area contributed by atoms with E-state index in [1.54, 1.807) is 30.3 Å². The van der Waals surface area contributed by atoms with Gasteiger partial charge >= 0.3 is 0 Å². The van der Waals surface area contributed by atoms with Gasteiger partial charge in [0.2, 0.25) is 0 Å². The maximum atomic E-state index is 12.5. The van der Waals surface area contributed by atoms with Gasteiger partial charge in [-0.25, -0.2) is 0 Å². The number of fused-ring (bicyclic) bond motifs is 1. The standard InChI is InChI=1S/C16H17N5O/c1-10(2)14-19-20-15-13(7-4-8-21(14)15)16(22)18-12-6-3-5-11(17)9-12/h3-10H,17H2,1-2H3,(H,18,22). The Balaban J connectivity index is 1.97. The van der Waals surface area contributed by atoms with Crippen LogP contribution in [0.2, 0.25) is 0 Å². The molecule has 22 heavy (non-hydrogen) atoms. The molecule has 2 aromatic heterocycles. The van der Waals surface area contributed by atoms with Gasteiger partial charge in [-0.15, -0.1) is 10.2 Å². The number of rotatable bonds is 3. The number of hydrogen-bond donors (Lipinski definition) is 2. The lowest BCUT2D eigenvalue weighted by Crippen LogP contribution is -2.13. The third kappa shape index (κ3) is 2.50. The summed E-state index contributed by atoms with van der Waals surface area (Å²) in [5, 5.41) is 11.1. The Morgan fingerprint density at radius 3 is 2.77 bits per heavy atom. The number of hydrogen-bond acceptors (Lipinski definition) is 4. The van der Waals surface area contributed by atoms with Gasteiger partial charge in [0.1, 0.15) is 5.82 Å². The second-order valence-electron chi connectivity index (χ2n) is 5.41. The summed E-state index contributed by atoms with van der Waals surface area (Å²) in [7, 11) is 0. The number of nitrogen functional groups attached to an aromatic ring is 1. The first-order valence-corrected chi connectivity index (χ1v) is 7.07. The van der Waals surface area contributed by atoms with Gasteiger partial charge in [-0.3, -0.25) is 9.20 Å². The summed E-state index contributed by atoms with van der Waals surface area (Å²) in [4.78, 5) is 12.5. The fraction of sp³-hybridized carbons (Fsp3) is 0.188. The largest absolute Gasteiger partial charge is 0.399 e. The van der Waals surface area contributed by atoms with Crippen LogP contribution >= 0.6 is 0 Å². The molecule has 6 heteroatoms. The van der Waals surface area contributed by atoms with Gasteiger partial charge in [0, 0.05) is 23.5 Å². The van der Waals surface area contributed by atoms with E-state index in [1.807, 2.05) is 30.5 Å². The van der Waals surface area contributed by atoms with E-state index in [0.29, 0.717) is 22.6 Å². The highest BCUT2D eigenvalue weighted by atomic mass is 16.1. The van der Waals surface area contributed by atoms with Crippen molar-refractivity contribution < 1.29 is 4.79 Å². The lowest BCUT2D eigenvalue weighted by atomic mass is 10.2. The van der Waals surface area contributed by atoms with Crippen molar-refractivity contribution in [2.24, 2.45) is 0 Å². The van der Waals surface area contributed by atoms with Gasteiger partial charge in [-0.2, -0.15) is 0 Å². The fourth-order valence-electron chi connectivity index (χ4n) is 2.32. The Kier molecular flexibility index (Phi) is 3.50. The lowest BCUT2D eigenvalue weighted by molar-refractivity contribution is 0.102. The predicted octanol–water partition coefficient (Wildman–Crippen LogP) is 2.69. The summed E-state index contributed by atoms with van der Waals surface area (Å²) in [5.74, 6) is 0.815. The van der Waals surface area contributed by atoms with E-state index >= 15 is 0 Å². The Morgan fingerprint density at radius 2 is 2.05 bits per heavy atom. The summed E-state index contributed by atoms with van der Waals surface area (Å²) in [5.41, 5.74) is 7.99. The number of aromatic nitrogens is 3. The van der Waals surface area contributed by atoms with E-state index in [0.717, 1.165) is 5.82 Å². The molecule has 0 bridgehead atoms. The van der Waals surface area contributed by atoms with E-state index in [9.17, 15) is 4.79 Å². The van der Waals surface area contributed by atoms with Crippen LogP contribution in [-0.4, -0.2) is 20.5 Å². The van der Waals surface area contributed by atoms with Gasteiger partial charge in [0.05, 0.1) is 5.56 Å². The first-order chi connectivity index (χ1) is 10.6. The van der Waals surface area contributed by atoms with Gasteiger partial charge in [-0.1, -0.05) is 19.9 Å². The summed E-state index contributed by atoms with van der Waals surface area (Å²) >= 11 is 0. The number of nitrogens with one attached hydrogen (secondary N) is 1. The van der Waals surface area contributed by atoms with Crippen LogP contribution in [0.1, 0.15) is 35.9 Å². The second-order valence-corrected chi connectivity index (χ2v) is 5.41. The van der Waals surface area contributed by atoms with Crippen molar-refractivity contribution in [3.05, 3.63) is 54.0 Å². The van der Waals surface area contributed by atoms with Crippen molar-refractivity contribution >= 4 is 22.9 Å². The zero-order chi connectivity index (χ0) is 15.7. The molecule has 3 N–H and O–H groups in total. The van der Waals surface area contributed by atoms with Crippen LogP contribution in [0.15, 0.2) is 42.6 Å². The SMILES string of the molecule is CC(C)c1nnc2c(C(=O)Nc3cccc(N)c3)cccn12. The summed E-state index contributed by atoms with van der Waals surface area (Å²) in [6, 6.07) is 10.6. The molecule has 0 fully saturated rings. The Labute approximate surface area is 128 Å². The van der Waals surface area contributed by atoms with Crippen LogP contribution in [0.4, 0.5) is 11.4 Å². The van der Waals surface area contributed by atoms with Gasteiger partial charge in [0.15, 0.2) is 5.65 Å². The molecule has 2 heterocycles. The molecule has 0 aliphatic heterocycles. The number of carbonyl (C=O) groups is 1. The maximum Gasteiger partial charge on any atom is 0.259 e. The molecule has 1 aromatic carbocycles. The third-order valence-corrected chi connectivity index (χ3v) is 3.37. The van der Waals surface area contributed by atoms with Crippen LogP contribution in [0, 0.1) is 0 Å². The number of anilines is 2. The van der Waals surface area contributed by atoms with Gasteiger partial charge in [0.25, 0.3) is 5.91 Å². The quantitative estimate of drug-likeness (QED) is 0.727. The number of nitrogens with zero attached hydrogens (tertiary/aromatic N) is 3. The van der Waals surface area contributed by atoms with E-state index in [1.165, 1.54) is 0 Å². The smallest absolute Gasteiger partial charge is 0.259 e. The number of carbonyl (C=O) groups excluding carboxylic acids is 1. The average Bonchev–Trinajstić information content (AvgIpc) is 2.91. The van der Waals surface area contributed by atoms with E-state index in [2.05, 4.69) is 15.5 Å². The molecule has 0 spiro atoms. The Hall–Kier alpha value is -2.89. The normalized spacial score (nSPS) is 11.0. The number of benzene rings is 1. The monoisotopic (exact) mass is 295 g/mol. The highest BCUT2D eigenvalue weighted by Crippen LogP contribution is 2.18. The van der Waals surface area contributed by atoms with Crippen LogP contribution in [0.5, 0.6) is 0 Å². The first-order valence-electron chi connectivity index (χ1n) is 7.07. The predicted molar refractivity (Wildman–Crippen MR) is 85.9 cm³/mol. The second kappa shape index (κ2) is 5.48. The molecule has 0 unspecified atom stereocenters. The van der Waals surface area contributed by atoms with Crippen molar-refractivity contribution in [2.45, 2.75) is 19.8 Å². The molecule has 6 nitrogen and oxygen atoms in total. The van der Waals surface area contributed by atoms with Crippen molar-refractivity contribution in [3.63, 3.8) is 0 Å². The van der Waals surface area contributed by atoms with Gasteiger partial charge in [-0.05, 0) is 30.3 Å². The third-order valence-electron chi connectivity index (χ3n) is 3.37. The molecule has 0 saturated heterocycles. The molecule has 3 aromatic rings. The molecule has 0 saturated carbocycles. The summed E-state index contributed by atoms with van der Waals surface area (Å²) in [6.07, 6.45) is 1.86. The Bertz CT molecular complexity index is 837. The molecule has 0 atom stereocenters. The fourth-order valence-corrected chi connectivity index (χ4v) is 2.32. The minimum Gasteiger partial charge on any atom is -0.399 e. The van der Waals surface area contributed by atoms with Gasteiger partial charge < -0.3 is 11.1 Å². The molecular weight excluding hydrogens is 278 g/mol. The molecule has 0 aliphatic rings. The van der Waals surface area contributed by atoms with Crippen LogP contribution < -0.4 is 11.1 Å². The minimum absolute atomic E-state index is 0.224. The van der Waals surface area contributed by atoms with Crippen LogP contribution in [0.3, 0.4) is 0 Å². The van der Waals surface area contributed by atoms with Crippen LogP contribution in [0.25, 0.3) is 5.65 Å². The lowest BCUT2D eigenvalue weighted by Gasteiger charge is -2.07. The topological polar surface area (TPSA) is 85.3 Å². The summed E-state index contributed by atoms with van der Waals surface area (Å²) in [6.45, 7) is 4.08. The minimum atomic E-state index is -0.237. The highest BCUT2D eigenvalue weighted by molar-refractivity contribution is 6.08. The molecule has 3 rings (SSSR count). The maximum absolute atomic E-state index is 12.5. The van der Waals surface area contributed by atoms with Crippen LogP contribution in [-0.2, 0) is 0 Å². The van der Waals surface area contributed by atoms with Crippen molar-refractivity contribution in [2.75, 3.05) is 11.1 Å². The zero-order valence-electron chi connectivity index (χ0n) is 12.4. The average molecular weight is 295 g/mol. The zero-order valence-corrected chi connectivity index (χ0v) is 12.4. The highest BCUT2D eigenvalue weighted by Gasteiger charge is 2.16. The number of amides is 1. The van der Waals surface area contributed by atoms with Crippen molar-refractivity contribution in [1.82, 2.24) is 14.6 Å².